The average molecular weight is 326 g/mol. The molecule has 2 rings (SSSR count). The third kappa shape index (κ3) is 3.91. The predicted octanol–water partition coefficient (Wildman–Crippen LogP) is 2.36. The van der Waals surface area contributed by atoms with Crippen LogP contribution in [0.1, 0.15) is 33.1 Å². The topological polar surface area (TPSA) is 75.7 Å². The van der Waals surface area contributed by atoms with Gasteiger partial charge in [0, 0.05) is 6.54 Å². The fourth-order valence-electron chi connectivity index (χ4n) is 2.30. The largest absolute Gasteiger partial charge is 0.482 e. The molecule has 0 saturated carbocycles. The zero-order chi connectivity index (χ0) is 16.2. The number of hydrogen-bond donors (Lipinski definition) is 1. The molecule has 6 nitrogen and oxygen atoms in total. The summed E-state index contributed by atoms with van der Waals surface area (Å²) in [6.45, 7) is 4.54. The first-order valence-corrected chi connectivity index (χ1v) is 9.19. The highest BCUT2D eigenvalue weighted by Gasteiger charge is 2.25. The first kappa shape index (κ1) is 16.6. The third-order valence-corrected chi connectivity index (χ3v) is 4.76. The van der Waals surface area contributed by atoms with E-state index in [0.29, 0.717) is 30.1 Å². The number of sulfonamides is 1. The smallest absolute Gasteiger partial charge is 0.265 e. The van der Waals surface area contributed by atoms with Crippen molar-refractivity contribution >= 4 is 27.3 Å². The van der Waals surface area contributed by atoms with Gasteiger partial charge in [-0.15, -0.1) is 0 Å². The average Bonchev–Trinajstić information content (AvgIpc) is 2.48. The second kappa shape index (κ2) is 7.00. The monoisotopic (exact) mass is 326 g/mol. The summed E-state index contributed by atoms with van der Waals surface area (Å²) in [6, 6.07) is 5.01. The van der Waals surface area contributed by atoms with Gasteiger partial charge in [0.1, 0.15) is 5.75 Å². The Kier molecular flexibility index (Phi) is 5.28. The Labute approximate surface area is 131 Å². The summed E-state index contributed by atoms with van der Waals surface area (Å²) < 4.78 is 31.9. The molecule has 0 atom stereocenters. The molecule has 1 amide bonds. The number of amides is 1. The molecule has 0 radical (unpaired) electrons. The van der Waals surface area contributed by atoms with Crippen molar-refractivity contribution < 1.29 is 17.9 Å². The van der Waals surface area contributed by atoms with E-state index in [4.69, 9.17) is 4.74 Å². The molecule has 122 valence electrons. The lowest BCUT2D eigenvalue weighted by atomic mass is 10.2. The highest BCUT2D eigenvalue weighted by Crippen LogP contribution is 2.34. The molecule has 1 N–H and O–H groups in total. The number of hydrogen-bond acceptors (Lipinski definition) is 4. The second-order valence-corrected chi connectivity index (χ2v) is 7.13. The van der Waals surface area contributed by atoms with E-state index in [1.165, 1.54) is 0 Å². The van der Waals surface area contributed by atoms with E-state index in [2.05, 4.69) is 4.72 Å². The van der Waals surface area contributed by atoms with E-state index >= 15 is 0 Å². The van der Waals surface area contributed by atoms with E-state index in [1.54, 1.807) is 23.1 Å². The van der Waals surface area contributed by atoms with Crippen LogP contribution in [-0.2, 0) is 14.8 Å². The Bertz CT molecular complexity index is 643. The molecule has 0 saturated heterocycles. The van der Waals surface area contributed by atoms with Gasteiger partial charge in [0.15, 0.2) is 6.61 Å². The molecule has 1 aliphatic heterocycles. The van der Waals surface area contributed by atoms with Gasteiger partial charge >= 0.3 is 0 Å². The highest BCUT2D eigenvalue weighted by molar-refractivity contribution is 7.92. The van der Waals surface area contributed by atoms with E-state index < -0.39 is 10.0 Å². The molecule has 0 bridgehead atoms. The van der Waals surface area contributed by atoms with Gasteiger partial charge in [-0.25, -0.2) is 8.42 Å². The Balaban J connectivity index is 2.24. The van der Waals surface area contributed by atoms with Crippen LogP contribution in [0.4, 0.5) is 11.4 Å². The molecule has 22 heavy (non-hydrogen) atoms. The fraction of sp³-hybridized carbons (Fsp3) is 0.533. The van der Waals surface area contributed by atoms with Crippen LogP contribution in [0.15, 0.2) is 18.2 Å². The molecule has 1 aromatic rings. The van der Waals surface area contributed by atoms with Crippen LogP contribution in [0.3, 0.4) is 0 Å². The van der Waals surface area contributed by atoms with Gasteiger partial charge in [-0.1, -0.05) is 20.3 Å². The number of nitrogens with one attached hydrogen (secondary N) is 1. The molecule has 7 heteroatoms. The van der Waals surface area contributed by atoms with Crippen LogP contribution in [0.5, 0.6) is 5.75 Å². The molecule has 0 aliphatic carbocycles. The van der Waals surface area contributed by atoms with Crippen LogP contribution in [-0.4, -0.2) is 33.2 Å². The molecule has 0 aromatic heterocycles. The number of nitrogens with zero attached hydrogens (tertiary/aromatic N) is 1. The van der Waals surface area contributed by atoms with Crippen molar-refractivity contribution in [3.63, 3.8) is 0 Å². The molecule has 1 heterocycles. The van der Waals surface area contributed by atoms with Crippen molar-refractivity contribution in [2.24, 2.45) is 0 Å². The summed E-state index contributed by atoms with van der Waals surface area (Å²) in [5.74, 6) is 0.583. The molecule has 0 spiro atoms. The maximum atomic E-state index is 12.0. The first-order valence-electron chi connectivity index (χ1n) is 7.54. The fourth-order valence-corrected chi connectivity index (χ4v) is 3.56. The van der Waals surface area contributed by atoms with Gasteiger partial charge in [-0.3, -0.25) is 9.52 Å². The van der Waals surface area contributed by atoms with E-state index in [1.807, 2.05) is 13.8 Å². The van der Waals surface area contributed by atoms with Crippen molar-refractivity contribution in [1.82, 2.24) is 0 Å². The molecule has 1 aromatic carbocycles. The number of ether oxygens (including phenoxy) is 1. The minimum absolute atomic E-state index is 0.0224. The maximum Gasteiger partial charge on any atom is 0.265 e. The number of carbonyl (C=O) groups is 1. The minimum atomic E-state index is -3.36. The summed E-state index contributed by atoms with van der Waals surface area (Å²) in [7, 11) is -3.36. The predicted molar refractivity (Wildman–Crippen MR) is 86.9 cm³/mol. The maximum absolute atomic E-state index is 12.0. The van der Waals surface area contributed by atoms with Crippen LogP contribution < -0.4 is 14.4 Å². The van der Waals surface area contributed by atoms with Gasteiger partial charge in [-0.2, -0.15) is 0 Å². The van der Waals surface area contributed by atoms with E-state index in [-0.39, 0.29) is 18.3 Å². The second-order valence-electron chi connectivity index (χ2n) is 5.29. The van der Waals surface area contributed by atoms with E-state index in [0.717, 1.165) is 12.8 Å². The Morgan fingerprint density at radius 3 is 2.73 bits per heavy atom. The summed E-state index contributed by atoms with van der Waals surface area (Å²) in [5, 5.41) is 0. The van der Waals surface area contributed by atoms with Crippen LogP contribution in [0.25, 0.3) is 0 Å². The SMILES string of the molecule is CCCCS(=O)(=O)Nc1ccc2c(c1)N(CCC)C(=O)CO2. The van der Waals surface area contributed by atoms with Crippen molar-refractivity contribution in [3.05, 3.63) is 18.2 Å². The molecule has 1 aliphatic rings. The number of unbranched alkanes of at least 4 members (excludes halogenated alkanes) is 1. The molecule has 0 unspecified atom stereocenters. The Morgan fingerprint density at radius 1 is 1.27 bits per heavy atom. The van der Waals surface area contributed by atoms with Gasteiger partial charge in [-0.05, 0) is 31.0 Å². The number of benzene rings is 1. The van der Waals surface area contributed by atoms with E-state index in [9.17, 15) is 13.2 Å². The van der Waals surface area contributed by atoms with Crippen LogP contribution in [0.2, 0.25) is 0 Å². The standard InChI is InChI=1S/C15H22N2O4S/c1-3-5-9-22(19,20)16-12-6-7-14-13(10-12)17(8-4-2)15(18)11-21-14/h6-7,10,16H,3-5,8-9,11H2,1-2H3. The highest BCUT2D eigenvalue weighted by atomic mass is 32.2. The lowest BCUT2D eigenvalue weighted by Gasteiger charge is -2.29. The molecular formula is C15H22N2O4S. The van der Waals surface area contributed by atoms with Gasteiger partial charge < -0.3 is 9.64 Å². The third-order valence-electron chi connectivity index (χ3n) is 3.39. The molecule has 0 fully saturated rings. The summed E-state index contributed by atoms with van der Waals surface area (Å²) in [5.41, 5.74) is 1.07. The number of anilines is 2. The summed E-state index contributed by atoms with van der Waals surface area (Å²) in [4.78, 5) is 13.6. The zero-order valence-electron chi connectivity index (χ0n) is 13.0. The van der Waals surface area contributed by atoms with Gasteiger partial charge in [0.05, 0.1) is 17.1 Å². The Hall–Kier alpha value is -1.76. The quantitative estimate of drug-likeness (QED) is 0.834. The lowest BCUT2D eigenvalue weighted by molar-refractivity contribution is -0.121. The van der Waals surface area contributed by atoms with Crippen molar-refractivity contribution in [1.29, 1.82) is 0 Å². The number of carbonyl (C=O) groups excluding carboxylic acids is 1. The summed E-state index contributed by atoms with van der Waals surface area (Å²) in [6.07, 6.45) is 2.25. The van der Waals surface area contributed by atoms with Crippen molar-refractivity contribution in [3.8, 4) is 5.75 Å². The number of fused-ring (bicyclic) bond motifs is 1. The van der Waals surface area contributed by atoms with Crippen LogP contribution >= 0.6 is 0 Å². The number of rotatable bonds is 7. The first-order chi connectivity index (χ1) is 10.5. The lowest BCUT2D eigenvalue weighted by Crippen LogP contribution is -2.39. The summed E-state index contributed by atoms with van der Waals surface area (Å²) >= 11 is 0. The molecular weight excluding hydrogens is 304 g/mol. The van der Waals surface area contributed by atoms with Crippen molar-refractivity contribution in [2.75, 3.05) is 28.5 Å². The Morgan fingerprint density at radius 2 is 2.05 bits per heavy atom. The van der Waals surface area contributed by atoms with Gasteiger partial charge in [0.25, 0.3) is 5.91 Å². The normalized spacial score (nSPS) is 14.5. The van der Waals surface area contributed by atoms with Crippen molar-refractivity contribution in [2.45, 2.75) is 33.1 Å². The van der Waals surface area contributed by atoms with Crippen LogP contribution in [0, 0.1) is 0 Å². The minimum Gasteiger partial charge on any atom is -0.482 e. The zero-order valence-corrected chi connectivity index (χ0v) is 13.8. The van der Waals surface area contributed by atoms with Gasteiger partial charge in [0.2, 0.25) is 10.0 Å².